The summed E-state index contributed by atoms with van der Waals surface area (Å²) in [5.41, 5.74) is 1.51. The molecule has 1 saturated heterocycles. The molecule has 2 aromatic carbocycles. The van der Waals surface area contributed by atoms with Gasteiger partial charge in [-0.15, -0.1) is 0 Å². The molecular weight excluding hydrogens is 345 g/mol. The number of benzene rings is 2. The molecular formula is C18H14FNO4S. The first kappa shape index (κ1) is 17.0. The van der Waals surface area contributed by atoms with Crippen LogP contribution in [0.1, 0.15) is 11.1 Å². The van der Waals surface area contributed by atoms with Crippen molar-refractivity contribution in [2.24, 2.45) is 0 Å². The average molecular weight is 359 g/mol. The molecule has 0 unspecified atom stereocenters. The molecule has 0 spiro atoms. The first-order valence-corrected chi connectivity index (χ1v) is 8.17. The monoisotopic (exact) mass is 359 g/mol. The summed E-state index contributed by atoms with van der Waals surface area (Å²) in [5, 5.41) is 1.81. The number of hydrogen-bond acceptors (Lipinski definition) is 5. The van der Waals surface area contributed by atoms with Crippen LogP contribution in [0, 0.1) is 5.82 Å². The lowest BCUT2D eigenvalue weighted by Gasteiger charge is -2.11. The quantitative estimate of drug-likeness (QED) is 0.824. The van der Waals surface area contributed by atoms with E-state index in [-0.39, 0.29) is 12.4 Å². The number of amides is 2. The summed E-state index contributed by atoms with van der Waals surface area (Å²) in [7, 11) is 1.52. The Morgan fingerprint density at radius 2 is 1.88 bits per heavy atom. The van der Waals surface area contributed by atoms with E-state index < -0.39 is 11.1 Å². The van der Waals surface area contributed by atoms with E-state index in [1.807, 2.05) is 0 Å². The number of hydrogen-bond donors (Lipinski definition) is 1. The van der Waals surface area contributed by atoms with Gasteiger partial charge in [0.15, 0.2) is 11.5 Å². The Morgan fingerprint density at radius 3 is 2.52 bits per heavy atom. The van der Waals surface area contributed by atoms with Crippen molar-refractivity contribution in [3.8, 4) is 11.5 Å². The smallest absolute Gasteiger partial charge is 0.290 e. The average Bonchev–Trinajstić information content (AvgIpc) is 2.92. The zero-order chi connectivity index (χ0) is 17.8. The molecule has 5 nitrogen and oxygen atoms in total. The van der Waals surface area contributed by atoms with Crippen molar-refractivity contribution in [3.63, 3.8) is 0 Å². The van der Waals surface area contributed by atoms with Gasteiger partial charge in [-0.2, -0.15) is 0 Å². The Bertz CT molecular complexity index is 849. The Hall–Kier alpha value is -2.80. The van der Waals surface area contributed by atoms with E-state index in [4.69, 9.17) is 9.47 Å². The molecule has 1 N–H and O–H groups in total. The minimum absolute atomic E-state index is 0.240. The van der Waals surface area contributed by atoms with Gasteiger partial charge in [-0.05, 0) is 53.2 Å². The summed E-state index contributed by atoms with van der Waals surface area (Å²) in [5.74, 6) is 0.288. The molecule has 0 radical (unpaired) electrons. The first-order chi connectivity index (χ1) is 12.0. The van der Waals surface area contributed by atoms with Crippen LogP contribution in [-0.2, 0) is 11.4 Å². The van der Waals surface area contributed by atoms with E-state index in [1.54, 1.807) is 36.4 Å². The summed E-state index contributed by atoms with van der Waals surface area (Å²) >= 11 is 0.850. The van der Waals surface area contributed by atoms with Crippen molar-refractivity contribution in [2.45, 2.75) is 6.61 Å². The fourth-order valence-electron chi connectivity index (χ4n) is 2.21. The lowest BCUT2D eigenvalue weighted by molar-refractivity contribution is -0.115. The summed E-state index contributed by atoms with van der Waals surface area (Å²) in [6.45, 7) is 0.240. The predicted octanol–water partition coefficient (Wildman–Crippen LogP) is 3.74. The Balaban J connectivity index is 1.80. The van der Waals surface area contributed by atoms with Crippen LogP contribution >= 0.6 is 11.8 Å². The fourth-order valence-corrected chi connectivity index (χ4v) is 2.89. The van der Waals surface area contributed by atoms with Crippen LogP contribution in [0.3, 0.4) is 0 Å². The van der Waals surface area contributed by atoms with Gasteiger partial charge in [0.05, 0.1) is 12.0 Å². The van der Waals surface area contributed by atoms with Crippen LogP contribution in [0.5, 0.6) is 11.5 Å². The molecule has 7 heteroatoms. The fraction of sp³-hybridized carbons (Fsp3) is 0.111. The number of imide groups is 1. The molecule has 1 aliphatic heterocycles. The van der Waals surface area contributed by atoms with Gasteiger partial charge in [0.1, 0.15) is 12.4 Å². The molecule has 25 heavy (non-hydrogen) atoms. The number of methoxy groups -OCH3 is 1. The predicted molar refractivity (Wildman–Crippen MR) is 92.8 cm³/mol. The highest BCUT2D eigenvalue weighted by Gasteiger charge is 2.25. The molecule has 2 aromatic rings. The summed E-state index contributed by atoms with van der Waals surface area (Å²) in [6, 6.07) is 11.2. The van der Waals surface area contributed by atoms with Crippen LogP contribution in [0.4, 0.5) is 9.18 Å². The number of ether oxygens (including phenoxy) is 2. The molecule has 1 heterocycles. The van der Waals surface area contributed by atoms with Gasteiger partial charge >= 0.3 is 0 Å². The number of rotatable bonds is 5. The van der Waals surface area contributed by atoms with Crippen molar-refractivity contribution in [2.75, 3.05) is 7.11 Å². The molecule has 1 aliphatic rings. The Kier molecular flexibility index (Phi) is 5.04. The normalized spacial score (nSPS) is 15.4. The van der Waals surface area contributed by atoms with Crippen molar-refractivity contribution in [3.05, 3.63) is 64.3 Å². The maximum absolute atomic E-state index is 12.9. The third-order valence-corrected chi connectivity index (χ3v) is 4.25. The summed E-state index contributed by atoms with van der Waals surface area (Å²) in [6.07, 6.45) is 1.61. The Morgan fingerprint density at radius 1 is 1.12 bits per heavy atom. The molecule has 0 bridgehead atoms. The van der Waals surface area contributed by atoms with Crippen molar-refractivity contribution >= 4 is 29.0 Å². The van der Waals surface area contributed by atoms with E-state index in [2.05, 4.69) is 5.32 Å². The van der Waals surface area contributed by atoms with E-state index in [0.717, 1.165) is 17.3 Å². The van der Waals surface area contributed by atoms with Gasteiger partial charge in [-0.3, -0.25) is 14.9 Å². The number of halogens is 1. The third kappa shape index (κ3) is 4.19. The van der Waals surface area contributed by atoms with Crippen LogP contribution < -0.4 is 14.8 Å². The summed E-state index contributed by atoms with van der Waals surface area (Å²) < 4.78 is 24.0. The lowest BCUT2D eigenvalue weighted by atomic mass is 10.2. The molecule has 0 saturated carbocycles. The lowest BCUT2D eigenvalue weighted by Crippen LogP contribution is -2.17. The topological polar surface area (TPSA) is 64.6 Å². The summed E-state index contributed by atoms with van der Waals surface area (Å²) in [4.78, 5) is 23.2. The Labute approximate surface area is 147 Å². The molecule has 128 valence electrons. The van der Waals surface area contributed by atoms with Gasteiger partial charge in [0, 0.05) is 0 Å². The van der Waals surface area contributed by atoms with E-state index in [0.29, 0.717) is 22.0 Å². The highest BCUT2D eigenvalue weighted by molar-refractivity contribution is 8.18. The second-order valence-electron chi connectivity index (χ2n) is 5.18. The minimum atomic E-state index is -0.417. The standard InChI is InChI=1S/C18H14FNO4S/c1-23-14-7-4-12(9-16-17(21)20-18(22)25-16)8-15(14)24-10-11-2-5-13(19)6-3-11/h2-9H,10H2,1H3,(H,20,21,22)/b16-9-. The first-order valence-electron chi connectivity index (χ1n) is 7.35. The van der Waals surface area contributed by atoms with Crippen molar-refractivity contribution < 1.29 is 23.5 Å². The maximum Gasteiger partial charge on any atom is 0.290 e. The zero-order valence-corrected chi connectivity index (χ0v) is 14.1. The van der Waals surface area contributed by atoms with Gasteiger partial charge in [0.25, 0.3) is 11.1 Å². The number of carbonyl (C=O) groups excluding carboxylic acids is 2. The largest absolute Gasteiger partial charge is 0.493 e. The molecule has 2 amide bonds. The van der Waals surface area contributed by atoms with Crippen LogP contribution in [0.15, 0.2) is 47.4 Å². The highest BCUT2D eigenvalue weighted by atomic mass is 32.2. The highest BCUT2D eigenvalue weighted by Crippen LogP contribution is 2.32. The second-order valence-corrected chi connectivity index (χ2v) is 6.19. The molecule has 0 aromatic heterocycles. The van der Waals surface area contributed by atoms with Crippen molar-refractivity contribution in [1.29, 1.82) is 0 Å². The van der Waals surface area contributed by atoms with Gasteiger partial charge in [0.2, 0.25) is 0 Å². The molecule has 0 atom stereocenters. The SMILES string of the molecule is COc1ccc(/C=C2\SC(=O)NC2=O)cc1OCc1ccc(F)cc1. The number of carbonyl (C=O) groups is 2. The second kappa shape index (κ2) is 7.40. The van der Waals surface area contributed by atoms with E-state index in [9.17, 15) is 14.0 Å². The zero-order valence-electron chi connectivity index (χ0n) is 13.2. The molecule has 0 aliphatic carbocycles. The van der Waals surface area contributed by atoms with Crippen molar-refractivity contribution in [1.82, 2.24) is 5.32 Å². The van der Waals surface area contributed by atoms with Gasteiger partial charge < -0.3 is 9.47 Å². The molecule has 3 rings (SSSR count). The minimum Gasteiger partial charge on any atom is -0.493 e. The van der Waals surface area contributed by atoms with Gasteiger partial charge in [-0.1, -0.05) is 18.2 Å². The number of nitrogens with one attached hydrogen (secondary N) is 1. The van der Waals surface area contributed by atoms with Crippen LogP contribution in [0.2, 0.25) is 0 Å². The van der Waals surface area contributed by atoms with E-state index in [1.165, 1.54) is 19.2 Å². The third-order valence-electron chi connectivity index (χ3n) is 3.44. The number of thioether (sulfide) groups is 1. The molecule has 1 fully saturated rings. The van der Waals surface area contributed by atoms with Crippen LogP contribution in [-0.4, -0.2) is 18.3 Å². The maximum atomic E-state index is 12.9. The van der Waals surface area contributed by atoms with Gasteiger partial charge in [-0.25, -0.2) is 4.39 Å². The van der Waals surface area contributed by atoms with E-state index >= 15 is 0 Å². The van der Waals surface area contributed by atoms with Crippen LogP contribution in [0.25, 0.3) is 6.08 Å².